The van der Waals surface area contributed by atoms with Crippen LogP contribution in [0.2, 0.25) is 0 Å². The van der Waals surface area contributed by atoms with Crippen LogP contribution in [0.15, 0.2) is 12.3 Å². The van der Waals surface area contributed by atoms with E-state index in [0.29, 0.717) is 6.04 Å². The van der Waals surface area contributed by atoms with Crippen LogP contribution < -0.4 is 0 Å². The quantitative estimate of drug-likeness (QED) is 0.650. The number of rotatable bonds is 1. The summed E-state index contributed by atoms with van der Waals surface area (Å²) in [5.74, 6) is 0. The van der Waals surface area contributed by atoms with Gasteiger partial charge in [0.25, 0.3) is 0 Å². The molecule has 0 bridgehead atoms. The van der Waals surface area contributed by atoms with E-state index in [2.05, 4.69) is 34.7 Å². The Balaban J connectivity index is 2.06. The Morgan fingerprint density at radius 2 is 2.08 bits per heavy atom. The molecule has 0 saturated carbocycles. The molecule has 3 heteroatoms. The summed E-state index contributed by atoms with van der Waals surface area (Å²) in [5.41, 5.74) is 1.29. The van der Waals surface area contributed by atoms with Crippen molar-refractivity contribution >= 4 is 0 Å². The lowest BCUT2D eigenvalue weighted by atomic mass is 10.1. The summed E-state index contributed by atoms with van der Waals surface area (Å²) >= 11 is 0. The lowest BCUT2D eigenvalue weighted by Gasteiger charge is -2.29. The van der Waals surface area contributed by atoms with Crippen molar-refractivity contribution in [3.63, 3.8) is 0 Å². The van der Waals surface area contributed by atoms with Crippen LogP contribution in [0.4, 0.5) is 0 Å². The first-order valence-corrected chi connectivity index (χ1v) is 4.96. The van der Waals surface area contributed by atoms with Crippen molar-refractivity contribution in [2.75, 3.05) is 20.1 Å². The minimum Gasteiger partial charge on any atom is -0.306 e. The highest BCUT2D eigenvalue weighted by Gasteiger charge is 2.19. The van der Waals surface area contributed by atoms with E-state index in [1.165, 1.54) is 31.6 Å². The number of likely N-dealkylation sites (tertiary alicyclic amines) is 1. The van der Waals surface area contributed by atoms with Crippen molar-refractivity contribution < 1.29 is 0 Å². The number of nitrogens with zero attached hydrogens (tertiary/aromatic N) is 3. The van der Waals surface area contributed by atoms with Crippen molar-refractivity contribution in [2.24, 2.45) is 0 Å². The Kier molecular flexibility index (Phi) is 2.36. The average Bonchev–Trinajstić information content (AvgIpc) is 2.53. The maximum absolute atomic E-state index is 4.36. The molecule has 3 nitrogen and oxygen atoms in total. The molecule has 1 saturated heterocycles. The number of aryl methyl sites for hydroxylation is 1. The predicted octanol–water partition coefficient (Wildman–Crippen LogP) is 1.46. The molecule has 0 radical (unpaired) electrons. The molecule has 2 heterocycles. The molecule has 1 aliphatic rings. The van der Waals surface area contributed by atoms with E-state index in [-0.39, 0.29) is 0 Å². The fourth-order valence-corrected chi connectivity index (χ4v) is 2.00. The second-order valence-corrected chi connectivity index (χ2v) is 3.95. The zero-order valence-corrected chi connectivity index (χ0v) is 8.40. The van der Waals surface area contributed by atoms with Crippen molar-refractivity contribution in [1.82, 2.24) is 14.7 Å². The molecule has 72 valence electrons. The Labute approximate surface area is 79.3 Å². The summed E-state index contributed by atoms with van der Waals surface area (Å²) < 4.78 is 2.17. The van der Waals surface area contributed by atoms with Gasteiger partial charge in [0.1, 0.15) is 0 Å². The topological polar surface area (TPSA) is 21.1 Å². The van der Waals surface area contributed by atoms with Gasteiger partial charge in [0, 0.05) is 11.9 Å². The van der Waals surface area contributed by atoms with Crippen molar-refractivity contribution in [3.05, 3.63) is 18.0 Å². The summed E-state index contributed by atoms with van der Waals surface area (Å²) in [7, 11) is 2.19. The van der Waals surface area contributed by atoms with Gasteiger partial charge < -0.3 is 4.90 Å². The standard InChI is InChI=1S/C10H17N3/c1-9-3-6-11-13(9)10-4-7-12(2)8-5-10/h3,6,10H,4-5,7-8H2,1-2H3. The van der Waals surface area contributed by atoms with Crippen LogP contribution in [0.25, 0.3) is 0 Å². The van der Waals surface area contributed by atoms with Crippen LogP contribution in [-0.4, -0.2) is 34.8 Å². The average molecular weight is 179 g/mol. The molecule has 1 aromatic heterocycles. The van der Waals surface area contributed by atoms with Gasteiger partial charge in [-0.3, -0.25) is 4.68 Å². The van der Waals surface area contributed by atoms with Crippen molar-refractivity contribution in [3.8, 4) is 0 Å². The SMILES string of the molecule is Cc1ccnn1C1CCN(C)CC1. The van der Waals surface area contributed by atoms with Crippen LogP contribution in [0, 0.1) is 6.92 Å². The summed E-state index contributed by atoms with van der Waals surface area (Å²) in [6, 6.07) is 2.71. The Morgan fingerprint density at radius 1 is 1.38 bits per heavy atom. The van der Waals surface area contributed by atoms with Crippen LogP contribution in [-0.2, 0) is 0 Å². The summed E-state index contributed by atoms with van der Waals surface area (Å²) in [6.45, 7) is 4.53. The van der Waals surface area contributed by atoms with Gasteiger partial charge in [-0.15, -0.1) is 0 Å². The van der Waals surface area contributed by atoms with Crippen LogP contribution in [0.5, 0.6) is 0 Å². The molecule has 2 rings (SSSR count). The van der Waals surface area contributed by atoms with Gasteiger partial charge in [0.15, 0.2) is 0 Å². The molecule has 0 unspecified atom stereocenters. The van der Waals surface area contributed by atoms with Gasteiger partial charge in [-0.25, -0.2) is 0 Å². The highest BCUT2D eigenvalue weighted by Crippen LogP contribution is 2.21. The third-order valence-electron chi connectivity index (χ3n) is 2.90. The minimum atomic E-state index is 0.631. The fourth-order valence-electron chi connectivity index (χ4n) is 2.00. The van der Waals surface area contributed by atoms with Crippen molar-refractivity contribution in [1.29, 1.82) is 0 Å². The van der Waals surface area contributed by atoms with E-state index >= 15 is 0 Å². The van der Waals surface area contributed by atoms with Gasteiger partial charge in [0.2, 0.25) is 0 Å². The third-order valence-corrected chi connectivity index (χ3v) is 2.90. The van der Waals surface area contributed by atoms with Gasteiger partial charge in [-0.05, 0) is 46.0 Å². The molecule has 0 aromatic carbocycles. The number of piperidine rings is 1. The number of hydrogen-bond acceptors (Lipinski definition) is 2. The first-order chi connectivity index (χ1) is 6.27. The van der Waals surface area contributed by atoms with Crippen molar-refractivity contribution in [2.45, 2.75) is 25.8 Å². The Morgan fingerprint density at radius 3 is 2.62 bits per heavy atom. The second-order valence-electron chi connectivity index (χ2n) is 3.95. The molecule has 0 N–H and O–H groups in total. The smallest absolute Gasteiger partial charge is 0.0546 e. The predicted molar refractivity (Wildman–Crippen MR) is 52.7 cm³/mol. The molecule has 1 aromatic rings. The van der Waals surface area contributed by atoms with Crippen LogP contribution >= 0.6 is 0 Å². The third kappa shape index (κ3) is 1.75. The summed E-state index contributed by atoms with van der Waals surface area (Å²) in [4.78, 5) is 2.38. The summed E-state index contributed by atoms with van der Waals surface area (Å²) in [6.07, 6.45) is 4.37. The Bertz CT molecular complexity index is 271. The van der Waals surface area contributed by atoms with E-state index in [4.69, 9.17) is 0 Å². The van der Waals surface area contributed by atoms with Gasteiger partial charge in [0.05, 0.1) is 6.04 Å². The second kappa shape index (κ2) is 3.50. The fraction of sp³-hybridized carbons (Fsp3) is 0.700. The lowest BCUT2D eigenvalue weighted by Crippen LogP contribution is -2.32. The number of hydrogen-bond donors (Lipinski definition) is 0. The zero-order chi connectivity index (χ0) is 9.26. The van der Waals surface area contributed by atoms with E-state index in [0.717, 1.165) is 0 Å². The first-order valence-electron chi connectivity index (χ1n) is 4.96. The molecule has 0 spiro atoms. The minimum absolute atomic E-state index is 0.631. The number of aromatic nitrogens is 2. The summed E-state index contributed by atoms with van der Waals surface area (Å²) in [5, 5.41) is 4.36. The highest BCUT2D eigenvalue weighted by molar-refractivity contribution is 4.99. The van der Waals surface area contributed by atoms with E-state index in [1.807, 2.05) is 6.20 Å². The zero-order valence-electron chi connectivity index (χ0n) is 8.40. The first kappa shape index (κ1) is 8.75. The van der Waals surface area contributed by atoms with Gasteiger partial charge >= 0.3 is 0 Å². The molecule has 1 aliphatic heterocycles. The molecule has 0 amide bonds. The van der Waals surface area contributed by atoms with E-state index in [9.17, 15) is 0 Å². The molecule has 1 fully saturated rings. The normalized spacial score (nSPS) is 20.8. The maximum Gasteiger partial charge on any atom is 0.0546 e. The molecular formula is C10H17N3. The van der Waals surface area contributed by atoms with Crippen LogP contribution in [0.3, 0.4) is 0 Å². The van der Waals surface area contributed by atoms with Gasteiger partial charge in [-0.2, -0.15) is 5.10 Å². The molecule has 0 aliphatic carbocycles. The van der Waals surface area contributed by atoms with Gasteiger partial charge in [-0.1, -0.05) is 0 Å². The molecule has 13 heavy (non-hydrogen) atoms. The lowest BCUT2D eigenvalue weighted by molar-refractivity contribution is 0.210. The molecular weight excluding hydrogens is 162 g/mol. The maximum atomic E-state index is 4.36. The Hall–Kier alpha value is -0.830. The van der Waals surface area contributed by atoms with Crippen LogP contribution in [0.1, 0.15) is 24.6 Å². The van der Waals surface area contributed by atoms with E-state index < -0.39 is 0 Å². The van der Waals surface area contributed by atoms with E-state index in [1.54, 1.807) is 0 Å². The molecule has 0 atom stereocenters. The monoisotopic (exact) mass is 179 g/mol. The largest absolute Gasteiger partial charge is 0.306 e. The highest BCUT2D eigenvalue weighted by atomic mass is 15.3.